The molecule has 1 saturated heterocycles. The van der Waals surface area contributed by atoms with Crippen molar-refractivity contribution in [2.45, 2.75) is 44.7 Å². The summed E-state index contributed by atoms with van der Waals surface area (Å²) in [5.41, 5.74) is 0. The number of hydrogen-bond acceptors (Lipinski definition) is 3. The Kier molecular flexibility index (Phi) is 3.66. The monoisotopic (exact) mass is 240 g/mol. The molecule has 1 aliphatic carbocycles. The van der Waals surface area contributed by atoms with Crippen molar-refractivity contribution in [2.75, 3.05) is 19.6 Å². The lowest BCUT2D eigenvalue weighted by Gasteiger charge is -2.29. The summed E-state index contributed by atoms with van der Waals surface area (Å²) in [5, 5.41) is 8.83. The maximum absolute atomic E-state index is 11.5. The van der Waals surface area contributed by atoms with E-state index >= 15 is 0 Å². The minimum absolute atomic E-state index is 0.0983. The van der Waals surface area contributed by atoms with Gasteiger partial charge in [0.15, 0.2) is 0 Å². The van der Waals surface area contributed by atoms with Crippen molar-refractivity contribution in [1.82, 2.24) is 9.80 Å². The fourth-order valence-corrected chi connectivity index (χ4v) is 2.63. The molecule has 2 fully saturated rings. The third-order valence-corrected chi connectivity index (χ3v) is 3.64. The standard InChI is InChI=1S/C12H20N2O3/c1-9(15)14(10-4-5-10)7-11-3-2-6-13(11)8-12(16)17/h10-11H,2-8H2,1H3,(H,16,17). The van der Waals surface area contributed by atoms with E-state index in [0.29, 0.717) is 12.6 Å². The van der Waals surface area contributed by atoms with E-state index in [1.54, 1.807) is 6.92 Å². The summed E-state index contributed by atoms with van der Waals surface area (Å²) in [5.74, 6) is -0.660. The highest BCUT2D eigenvalue weighted by molar-refractivity contribution is 5.74. The van der Waals surface area contributed by atoms with Crippen LogP contribution < -0.4 is 0 Å². The van der Waals surface area contributed by atoms with Crippen molar-refractivity contribution in [3.63, 3.8) is 0 Å². The second-order valence-corrected chi connectivity index (χ2v) is 5.06. The number of carboxylic acid groups (broad SMARTS) is 1. The molecule has 2 aliphatic rings. The van der Waals surface area contributed by atoms with Gasteiger partial charge in [-0.15, -0.1) is 0 Å². The fraction of sp³-hybridized carbons (Fsp3) is 0.833. The van der Waals surface area contributed by atoms with E-state index in [4.69, 9.17) is 5.11 Å². The first-order valence-corrected chi connectivity index (χ1v) is 6.31. The smallest absolute Gasteiger partial charge is 0.317 e. The van der Waals surface area contributed by atoms with Crippen LogP contribution in [0.25, 0.3) is 0 Å². The lowest BCUT2D eigenvalue weighted by molar-refractivity contribution is -0.138. The van der Waals surface area contributed by atoms with Gasteiger partial charge in [0.25, 0.3) is 0 Å². The molecule has 0 spiro atoms. The summed E-state index contributed by atoms with van der Waals surface area (Å²) < 4.78 is 0. The SMILES string of the molecule is CC(=O)N(CC1CCCN1CC(=O)O)C1CC1. The Morgan fingerprint density at radius 2 is 2.06 bits per heavy atom. The van der Waals surface area contributed by atoms with Gasteiger partial charge in [-0.05, 0) is 32.2 Å². The number of carbonyl (C=O) groups excluding carboxylic acids is 1. The summed E-state index contributed by atoms with van der Waals surface area (Å²) >= 11 is 0. The maximum Gasteiger partial charge on any atom is 0.317 e. The van der Waals surface area contributed by atoms with Crippen LogP contribution in [0.15, 0.2) is 0 Å². The van der Waals surface area contributed by atoms with E-state index in [-0.39, 0.29) is 18.5 Å². The van der Waals surface area contributed by atoms with Crippen molar-refractivity contribution in [2.24, 2.45) is 0 Å². The molecule has 1 N–H and O–H groups in total. The molecule has 0 aromatic heterocycles. The van der Waals surface area contributed by atoms with Gasteiger partial charge in [0.2, 0.25) is 5.91 Å². The molecule has 2 rings (SSSR count). The van der Waals surface area contributed by atoms with Crippen LogP contribution in [0.1, 0.15) is 32.6 Å². The molecule has 96 valence electrons. The van der Waals surface area contributed by atoms with Crippen LogP contribution in [-0.4, -0.2) is 58.5 Å². The predicted octanol–water partition coefficient (Wildman–Crippen LogP) is 0.546. The van der Waals surface area contributed by atoms with Crippen LogP contribution in [0.3, 0.4) is 0 Å². The molecule has 1 unspecified atom stereocenters. The molecule has 5 nitrogen and oxygen atoms in total. The van der Waals surface area contributed by atoms with Gasteiger partial charge in [0, 0.05) is 25.6 Å². The minimum atomic E-state index is -0.780. The van der Waals surface area contributed by atoms with Crippen LogP contribution in [0.2, 0.25) is 0 Å². The number of carbonyl (C=O) groups is 2. The molecule has 0 aromatic rings. The molecule has 1 atom stereocenters. The highest BCUT2D eigenvalue weighted by Gasteiger charge is 2.35. The summed E-state index contributed by atoms with van der Waals surface area (Å²) in [7, 11) is 0. The topological polar surface area (TPSA) is 60.9 Å². The average Bonchev–Trinajstić information content (AvgIpc) is 2.97. The normalized spacial score (nSPS) is 24.9. The minimum Gasteiger partial charge on any atom is -0.480 e. The van der Waals surface area contributed by atoms with Gasteiger partial charge in [-0.3, -0.25) is 14.5 Å². The first kappa shape index (κ1) is 12.4. The number of amides is 1. The second-order valence-electron chi connectivity index (χ2n) is 5.06. The molecule has 17 heavy (non-hydrogen) atoms. The Morgan fingerprint density at radius 3 is 2.59 bits per heavy atom. The van der Waals surface area contributed by atoms with Crippen molar-refractivity contribution in [3.05, 3.63) is 0 Å². The quantitative estimate of drug-likeness (QED) is 0.762. The van der Waals surface area contributed by atoms with E-state index in [2.05, 4.69) is 0 Å². The van der Waals surface area contributed by atoms with Gasteiger partial charge in [-0.25, -0.2) is 0 Å². The average molecular weight is 240 g/mol. The third-order valence-electron chi connectivity index (χ3n) is 3.64. The summed E-state index contributed by atoms with van der Waals surface area (Å²) in [6, 6.07) is 0.648. The zero-order valence-electron chi connectivity index (χ0n) is 10.3. The number of hydrogen-bond donors (Lipinski definition) is 1. The first-order chi connectivity index (χ1) is 8.08. The van der Waals surface area contributed by atoms with E-state index in [9.17, 15) is 9.59 Å². The lowest BCUT2D eigenvalue weighted by Crippen LogP contribution is -2.44. The van der Waals surface area contributed by atoms with Gasteiger partial charge >= 0.3 is 5.97 Å². The fourth-order valence-electron chi connectivity index (χ4n) is 2.63. The highest BCUT2D eigenvalue weighted by atomic mass is 16.4. The molecule has 0 radical (unpaired) electrons. The van der Waals surface area contributed by atoms with Crippen LogP contribution in [-0.2, 0) is 9.59 Å². The Balaban J connectivity index is 1.91. The van der Waals surface area contributed by atoms with Gasteiger partial charge in [-0.2, -0.15) is 0 Å². The number of aliphatic carboxylic acids is 1. The molecule has 1 amide bonds. The molecular formula is C12H20N2O3. The third kappa shape index (κ3) is 3.19. The van der Waals surface area contributed by atoms with Crippen molar-refractivity contribution >= 4 is 11.9 Å². The predicted molar refractivity (Wildman–Crippen MR) is 62.6 cm³/mol. The first-order valence-electron chi connectivity index (χ1n) is 6.31. The molecule has 1 heterocycles. The largest absolute Gasteiger partial charge is 0.480 e. The zero-order valence-corrected chi connectivity index (χ0v) is 10.3. The van der Waals surface area contributed by atoms with E-state index < -0.39 is 5.97 Å². The Bertz CT molecular complexity index is 315. The molecule has 5 heteroatoms. The number of nitrogens with zero attached hydrogens (tertiary/aromatic N) is 2. The summed E-state index contributed by atoms with van der Waals surface area (Å²) in [6.07, 6.45) is 4.24. The Hall–Kier alpha value is -1.10. The van der Waals surface area contributed by atoms with Crippen LogP contribution in [0.4, 0.5) is 0 Å². The Labute approximate surface area is 101 Å². The van der Waals surface area contributed by atoms with Gasteiger partial charge < -0.3 is 10.0 Å². The van der Waals surface area contributed by atoms with Crippen molar-refractivity contribution < 1.29 is 14.7 Å². The molecular weight excluding hydrogens is 220 g/mol. The molecule has 1 aliphatic heterocycles. The highest BCUT2D eigenvalue weighted by Crippen LogP contribution is 2.29. The maximum atomic E-state index is 11.5. The number of likely N-dealkylation sites (tertiary alicyclic amines) is 1. The molecule has 1 saturated carbocycles. The summed E-state index contributed by atoms with van der Waals surface area (Å²) in [4.78, 5) is 26.2. The summed E-state index contributed by atoms with van der Waals surface area (Å²) in [6.45, 7) is 3.25. The van der Waals surface area contributed by atoms with Gasteiger partial charge in [-0.1, -0.05) is 0 Å². The molecule has 0 bridgehead atoms. The van der Waals surface area contributed by atoms with E-state index in [1.807, 2.05) is 9.80 Å². The lowest BCUT2D eigenvalue weighted by atomic mass is 10.2. The van der Waals surface area contributed by atoms with Gasteiger partial charge in [0.05, 0.1) is 6.54 Å². The number of rotatable bonds is 5. The Morgan fingerprint density at radius 1 is 1.35 bits per heavy atom. The second kappa shape index (κ2) is 5.04. The zero-order chi connectivity index (χ0) is 12.4. The van der Waals surface area contributed by atoms with Crippen LogP contribution in [0, 0.1) is 0 Å². The van der Waals surface area contributed by atoms with E-state index in [0.717, 1.165) is 32.2 Å². The number of carboxylic acids is 1. The van der Waals surface area contributed by atoms with Crippen molar-refractivity contribution in [3.8, 4) is 0 Å². The van der Waals surface area contributed by atoms with Gasteiger partial charge in [0.1, 0.15) is 0 Å². The van der Waals surface area contributed by atoms with Crippen molar-refractivity contribution in [1.29, 1.82) is 0 Å². The molecule has 0 aromatic carbocycles. The van der Waals surface area contributed by atoms with Crippen LogP contribution in [0.5, 0.6) is 0 Å². The van der Waals surface area contributed by atoms with E-state index in [1.165, 1.54) is 0 Å². The van der Waals surface area contributed by atoms with Crippen LogP contribution >= 0.6 is 0 Å².